The van der Waals surface area contributed by atoms with Crippen LogP contribution in [-0.4, -0.2) is 56.6 Å². The summed E-state index contributed by atoms with van der Waals surface area (Å²) in [5, 5.41) is 16.2. The van der Waals surface area contributed by atoms with Crippen LogP contribution in [0.5, 0.6) is 11.5 Å². The number of ether oxygens (including phenoxy) is 2. The van der Waals surface area contributed by atoms with Crippen molar-refractivity contribution in [2.24, 2.45) is 0 Å². The quantitative estimate of drug-likeness (QED) is 0.544. The number of aromatic nitrogens is 5. The normalized spacial score (nSPS) is 16.4. The summed E-state index contributed by atoms with van der Waals surface area (Å²) in [7, 11) is 0. The lowest BCUT2D eigenvalue weighted by Crippen LogP contribution is -2.19. The van der Waals surface area contributed by atoms with Crippen LogP contribution in [0.25, 0.3) is 33.5 Å². The molecule has 0 spiro atoms. The lowest BCUT2D eigenvalue weighted by Gasteiger charge is -2.18. The Bertz CT molecular complexity index is 1210. The van der Waals surface area contributed by atoms with Crippen LogP contribution in [0.3, 0.4) is 0 Å². The van der Waals surface area contributed by atoms with Crippen LogP contribution in [-0.2, 0) is 6.54 Å². The van der Waals surface area contributed by atoms with E-state index in [0.29, 0.717) is 19.0 Å². The van der Waals surface area contributed by atoms with E-state index in [1.54, 1.807) is 0 Å². The van der Waals surface area contributed by atoms with E-state index < -0.39 is 0 Å². The van der Waals surface area contributed by atoms with Gasteiger partial charge in [-0.05, 0) is 62.3 Å². The molecule has 8 heteroatoms. The molecule has 4 heterocycles. The first kappa shape index (κ1) is 17.5. The van der Waals surface area contributed by atoms with Gasteiger partial charge in [-0.3, -0.25) is 15.1 Å². The number of likely N-dealkylation sites (tertiary alicyclic amines) is 1. The molecule has 8 nitrogen and oxygen atoms in total. The topological polar surface area (TPSA) is 91.9 Å². The van der Waals surface area contributed by atoms with Gasteiger partial charge in [-0.1, -0.05) is 0 Å². The zero-order valence-corrected chi connectivity index (χ0v) is 16.5. The summed E-state index contributed by atoms with van der Waals surface area (Å²) in [6.45, 7) is 4.24. The molecule has 0 atom stereocenters. The summed E-state index contributed by atoms with van der Waals surface area (Å²) in [4.78, 5) is 7.13. The summed E-state index contributed by atoms with van der Waals surface area (Å²) >= 11 is 0. The van der Waals surface area contributed by atoms with E-state index in [4.69, 9.17) is 14.5 Å². The molecule has 0 unspecified atom stereocenters. The van der Waals surface area contributed by atoms with Crippen molar-refractivity contribution in [2.75, 3.05) is 26.3 Å². The highest BCUT2D eigenvalue weighted by molar-refractivity contribution is 5.95. The summed E-state index contributed by atoms with van der Waals surface area (Å²) in [5.41, 5.74) is 3.78. The van der Waals surface area contributed by atoms with Gasteiger partial charge in [-0.15, -0.1) is 0 Å². The van der Waals surface area contributed by atoms with Crippen molar-refractivity contribution in [1.82, 2.24) is 30.3 Å². The minimum Gasteiger partial charge on any atom is -0.486 e. The number of hydrogen-bond acceptors (Lipinski definition) is 6. The van der Waals surface area contributed by atoms with E-state index in [1.165, 1.54) is 12.8 Å². The first-order valence-electron chi connectivity index (χ1n) is 10.4. The summed E-state index contributed by atoms with van der Waals surface area (Å²) in [6, 6.07) is 12.1. The average molecular weight is 402 g/mol. The Kier molecular flexibility index (Phi) is 4.16. The number of benzene rings is 2. The Morgan fingerprint density at radius 1 is 0.867 bits per heavy atom. The van der Waals surface area contributed by atoms with Gasteiger partial charge in [0, 0.05) is 16.5 Å². The number of hydrogen-bond donors (Lipinski definition) is 2. The van der Waals surface area contributed by atoms with Crippen LogP contribution in [0.4, 0.5) is 0 Å². The number of nitrogens with zero attached hydrogens (tertiary/aromatic N) is 4. The van der Waals surface area contributed by atoms with Crippen molar-refractivity contribution in [3.63, 3.8) is 0 Å². The molecule has 30 heavy (non-hydrogen) atoms. The second-order valence-corrected chi connectivity index (χ2v) is 7.78. The van der Waals surface area contributed by atoms with Crippen LogP contribution in [0.2, 0.25) is 0 Å². The van der Waals surface area contributed by atoms with Gasteiger partial charge in [0.15, 0.2) is 17.3 Å². The van der Waals surface area contributed by atoms with Gasteiger partial charge in [-0.25, -0.2) is 4.98 Å². The van der Waals surface area contributed by atoms with Gasteiger partial charge in [-0.2, -0.15) is 10.2 Å². The van der Waals surface area contributed by atoms with E-state index in [-0.39, 0.29) is 0 Å². The SMILES string of the molecule is c1cc2[nH]nc(-c3ccc4c(c3)OCCO4)c2cc1-c1n[nH]c(CN2CCCC2)n1. The molecule has 0 aliphatic carbocycles. The van der Waals surface area contributed by atoms with Gasteiger partial charge in [0.1, 0.15) is 24.7 Å². The fourth-order valence-corrected chi connectivity index (χ4v) is 4.21. The van der Waals surface area contributed by atoms with E-state index in [1.807, 2.05) is 30.3 Å². The fraction of sp³-hybridized carbons (Fsp3) is 0.318. The van der Waals surface area contributed by atoms with Gasteiger partial charge < -0.3 is 9.47 Å². The van der Waals surface area contributed by atoms with E-state index in [2.05, 4.69) is 31.4 Å². The molecule has 0 radical (unpaired) electrons. The minimum atomic E-state index is 0.562. The van der Waals surface area contributed by atoms with Gasteiger partial charge >= 0.3 is 0 Å². The highest BCUT2D eigenvalue weighted by Gasteiger charge is 2.17. The number of rotatable bonds is 4. The molecule has 152 valence electrons. The molecule has 0 saturated carbocycles. The predicted molar refractivity (Wildman–Crippen MR) is 112 cm³/mol. The van der Waals surface area contributed by atoms with Gasteiger partial charge in [0.25, 0.3) is 0 Å². The molecule has 2 N–H and O–H groups in total. The molecule has 6 rings (SSSR count). The fourth-order valence-electron chi connectivity index (χ4n) is 4.21. The van der Waals surface area contributed by atoms with E-state index in [9.17, 15) is 0 Å². The molecule has 0 bridgehead atoms. The van der Waals surface area contributed by atoms with Crippen molar-refractivity contribution < 1.29 is 9.47 Å². The van der Waals surface area contributed by atoms with Crippen LogP contribution in [0.1, 0.15) is 18.7 Å². The van der Waals surface area contributed by atoms with E-state index >= 15 is 0 Å². The maximum atomic E-state index is 5.73. The molecule has 1 fully saturated rings. The summed E-state index contributed by atoms with van der Waals surface area (Å²) < 4.78 is 11.4. The Labute approximate surface area is 173 Å². The van der Waals surface area contributed by atoms with Crippen LogP contribution >= 0.6 is 0 Å². The highest BCUT2D eigenvalue weighted by atomic mass is 16.6. The predicted octanol–water partition coefficient (Wildman–Crippen LogP) is 3.38. The number of nitrogens with one attached hydrogen (secondary N) is 2. The monoisotopic (exact) mass is 402 g/mol. The Hall–Kier alpha value is -3.39. The summed E-state index contributed by atoms with van der Waals surface area (Å²) in [5.74, 6) is 3.15. The molecule has 4 aromatic rings. The number of aromatic amines is 2. The third-order valence-electron chi connectivity index (χ3n) is 5.74. The van der Waals surface area contributed by atoms with Crippen LogP contribution in [0, 0.1) is 0 Å². The van der Waals surface area contributed by atoms with Crippen molar-refractivity contribution in [2.45, 2.75) is 19.4 Å². The summed E-state index contributed by atoms with van der Waals surface area (Å²) in [6.07, 6.45) is 2.53. The lowest BCUT2D eigenvalue weighted by molar-refractivity contribution is 0.171. The van der Waals surface area contributed by atoms with Crippen molar-refractivity contribution in [3.05, 3.63) is 42.2 Å². The second kappa shape index (κ2) is 7.14. The zero-order chi connectivity index (χ0) is 19.9. The Morgan fingerprint density at radius 3 is 2.60 bits per heavy atom. The van der Waals surface area contributed by atoms with Gasteiger partial charge in [0.05, 0.1) is 12.1 Å². The number of fused-ring (bicyclic) bond motifs is 2. The third kappa shape index (κ3) is 3.09. The maximum absolute atomic E-state index is 5.73. The second-order valence-electron chi connectivity index (χ2n) is 7.78. The molecule has 2 aromatic heterocycles. The molecule has 2 aliphatic heterocycles. The first-order chi connectivity index (χ1) is 14.8. The minimum absolute atomic E-state index is 0.562. The molecule has 0 amide bonds. The molecular weight excluding hydrogens is 380 g/mol. The first-order valence-corrected chi connectivity index (χ1v) is 10.4. The van der Waals surface area contributed by atoms with E-state index in [0.717, 1.165) is 64.7 Å². The van der Waals surface area contributed by atoms with Gasteiger partial charge in [0.2, 0.25) is 0 Å². The average Bonchev–Trinajstić information content (AvgIpc) is 3.54. The Morgan fingerprint density at radius 2 is 1.70 bits per heavy atom. The Balaban J connectivity index is 1.34. The largest absolute Gasteiger partial charge is 0.486 e. The molecular formula is C22H22N6O2. The molecule has 2 aliphatic rings. The lowest BCUT2D eigenvalue weighted by atomic mass is 10.0. The standard InChI is InChI=1S/C22H22N6O2/c1-2-8-28(7-1)13-20-23-22(27-25-20)15-3-5-17-16(11-15)21(26-24-17)14-4-6-18-19(12-14)30-10-9-29-18/h3-6,11-12H,1-2,7-10,13H2,(H,24,26)(H,23,25,27). The maximum Gasteiger partial charge on any atom is 0.181 e. The highest BCUT2D eigenvalue weighted by Crippen LogP contribution is 2.36. The molecule has 1 saturated heterocycles. The smallest absolute Gasteiger partial charge is 0.181 e. The van der Waals surface area contributed by atoms with Crippen LogP contribution < -0.4 is 9.47 Å². The van der Waals surface area contributed by atoms with Crippen molar-refractivity contribution in [1.29, 1.82) is 0 Å². The number of H-pyrrole nitrogens is 2. The zero-order valence-electron chi connectivity index (χ0n) is 16.5. The van der Waals surface area contributed by atoms with Crippen molar-refractivity contribution >= 4 is 10.9 Å². The van der Waals surface area contributed by atoms with Crippen LogP contribution in [0.15, 0.2) is 36.4 Å². The third-order valence-corrected chi connectivity index (χ3v) is 5.74. The molecule has 2 aromatic carbocycles. The van der Waals surface area contributed by atoms with Crippen molar-refractivity contribution in [3.8, 4) is 34.1 Å².